The summed E-state index contributed by atoms with van der Waals surface area (Å²) in [5.41, 5.74) is 3.93. The maximum atomic E-state index is 5.96. The van der Waals surface area contributed by atoms with Crippen LogP contribution in [-0.4, -0.2) is 8.07 Å². The summed E-state index contributed by atoms with van der Waals surface area (Å²) in [7, 11) is -1.03. The quantitative estimate of drug-likeness (QED) is 0.650. The second-order valence-corrected chi connectivity index (χ2v) is 12.4. The molecular formula is C19H26OSi. The van der Waals surface area contributed by atoms with E-state index in [9.17, 15) is 0 Å². The molecule has 0 spiro atoms. The van der Waals surface area contributed by atoms with E-state index >= 15 is 0 Å². The lowest BCUT2D eigenvalue weighted by molar-refractivity contribution is 0.0525. The van der Waals surface area contributed by atoms with Gasteiger partial charge in [0.2, 0.25) is 0 Å². The topological polar surface area (TPSA) is 9.23 Å². The molecule has 1 nitrogen and oxygen atoms in total. The van der Waals surface area contributed by atoms with Gasteiger partial charge in [0.25, 0.3) is 0 Å². The van der Waals surface area contributed by atoms with Crippen LogP contribution in [0.5, 0.6) is 0 Å². The third-order valence-corrected chi connectivity index (χ3v) is 5.00. The van der Waals surface area contributed by atoms with Crippen LogP contribution in [0.1, 0.15) is 29.7 Å². The second kappa shape index (κ2) is 7.06. The molecule has 2 rings (SSSR count). The fourth-order valence-electron chi connectivity index (χ4n) is 2.41. The highest BCUT2D eigenvalue weighted by Crippen LogP contribution is 2.19. The van der Waals surface area contributed by atoms with E-state index in [2.05, 4.69) is 75.1 Å². The molecule has 0 aliphatic carbocycles. The Morgan fingerprint density at radius 2 is 1.43 bits per heavy atom. The van der Waals surface area contributed by atoms with Crippen molar-refractivity contribution < 1.29 is 4.74 Å². The van der Waals surface area contributed by atoms with Gasteiger partial charge in [-0.3, -0.25) is 0 Å². The molecule has 0 aromatic heterocycles. The number of ether oxygens (including phenoxy) is 1. The zero-order valence-corrected chi connectivity index (χ0v) is 14.6. The summed E-state index contributed by atoms with van der Waals surface area (Å²) in [5.74, 6) is 0. The van der Waals surface area contributed by atoms with E-state index in [1.54, 1.807) is 0 Å². The Morgan fingerprint density at radius 3 is 2.00 bits per heavy atom. The van der Waals surface area contributed by atoms with E-state index in [-0.39, 0.29) is 6.10 Å². The molecule has 1 unspecified atom stereocenters. The first-order valence-electron chi connectivity index (χ1n) is 7.68. The Kier molecular flexibility index (Phi) is 5.37. The lowest BCUT2D eigenvalue weighted by atomic mass is 10.1. The molecule has 0 amide bonds. The van der Waals surface area contributed by atoms with Crippen LogP contribution in [0.15, 0.2) is 54.6 Å². The minimum absolute atomic E-state index is 0.132. The molecule has 0 bridgehead atoms. The van der Waals surface area contributed by atoms with Gasteiger partial charge in [0.15, 0.2) is 0 Å². The molecule has 0 fully saturated rings. The summed E-state index contributed by atoms with van der Waals surface area (Å²) in [5, 5.41) is 0. The zero-order valence-electron chi connectivity index (χ0n) is 13.6. The summed E-state index contributed by atoms with van der Waals surface area (Å²) in [6.07, 6.45) is 0.132. The van der Waals surface area contributed by atoms with Crippen LogP contribution in [0.4, 0.5) is 0 Å². The van der Waals surface area contributed by atoms with Crippen molar-refractivity contribution in [1.82, 2.24) is 0 Å². The molecule has 0 aliphatic heterocycles. The van der Waals surface area contributed by atoms with Gasteiger partial charge in [-0.15, -0.1) is 0 Å². The maximum Gasteiger partial charge on any atom is 0.0801 e. The molecule has 2 heteroatoms. The number of benzene rings is 2. The molecule has 0 aliphatic rings. The Labute approximate surface area is 130 Å². The third kappa shape index (κ3) is 5.48. The zero-order chi connectivity index (χ0) is 15.3. The predicted molar refractivity (Wildman–Crippen MR) is 93.1 cm³/mol. The largest absolute Gasteiger partial charge is 0.369 e. The van der Waals surface area contributed by atoms with E-state index < -0.39 is 8.07 Å². The van der Waals surface area contributed by atoms with Gasteiger partial charge in [-0.1, -0.05) is 79.8 Å². The van der Waals surface area contributed by atoms with Crippen molar-refractivity contribution in [3.8, 4) is 0 Å². The smallest absolute Gasteiger partial charge is 0.0801 e. The SMILES string of the molecule is CC(OCc1ccc(C[Si](C)(C)C)cc1)c1ccccc1. The molecule has 21 heavy (non-hydrogen) atoms. The van der Waals surface area contributed by atoms with Crippen LogP contribution in [0.2, 0.25) is 19.6 Å². The van der Waals surface area contributed by atoms with Gasteiger partial charge in [-0.05, 0) is 24.1 Å². The van der Waals surface area contributed by atoms with Crippen molar-refractivity contribution >= 4 is 8.07 Å². The summed E-state index contributed by atoms with van der Waals surface area (Å²) in [6.45, 7) is 10.0. The fourth-order valence-corrected chi connectivity index (χ4v) is 3.87. The standard InChI is InChI=1S/C19H26OSi/c1-16(19-8-6-5-7-9-19)20-14-17-10-12-18(13-11-17)15-21(2,3)4/h5-13,16H,14-15H2,1-4H3. The molecule has 0 heterocycles. The van der Waals surface area contributed by atoms with Gasteiger partial charge < -0.3 is 4.74 Å². The molecule has 112 valence electrons. The Morgan fingerprint density at radius 1 is 0.857 bits per heavy atom. The molecule has 2 aromatic carbocycles. The number of hydrogen-bond acceptors (Lipinski definition) is 1. The van der Waals surface area contributed by atoms with Gasteiger partial charge in [0.1, 0.15) is 0 Å². The van der Waals surface area contributed by atoms with E-state index in [1.165, 1.54) is 22.7 Å². The summed E-state index contributed by atoms with van der Waals surface area (Å²) in [4.78, 5) is 0. The van der Waals surface area contributed by atoms with E-state index in [1.807, 2.05) is 6.07 Å². The van der Waals surface area contributed by atoms with E-state index in [0.29, 0.717) is 6.61 Å². The highest BCUT2D eigenvalue weighted by atomic mass is 28.3. The molecule has 1 atom stereocenters. The second-order valence-electron chi connectivity index (χ2n) is 6.92. The number of hydrogen-bond donors (Lipinski definition) is 0. The molecular weight excluding hydrogens is 272 g/mol. The highest BCUT2D eigenvalue weighted by molar-refractivity contribution is 6.75. The normalized spacial score (nSPS) is 13.1. The molecule has 0 radical (unpaired) electrons. The van der Waals surface area contributed by atoms with Crippen LogP contribution < -0.4 is 0 Å². The number of rotatable bonds is 6. The van der Waals surface area contributed by atoms with E-state index in [0.717, 1.165) is 0 Å². The van der Waals surface area contributed by atoms with Gasteiger partial charge in [0.05, 0.1) is 12.7 Å². The van der Waals surface area contributed by atoms with Gasteiger partial charge in [-0.25, -0.2) is 0 Å². The van der Waals surface area contributed by atoms with Crippen LogP contribution in [0.3, 0.4) is 0 Å². The van der Waals surface area contributed by atoms with Crippen LogP contribution in [-0.2, 0) is 17.4 Å². The van der Waals surface area contributed by atoms with Crippen LogP contribution >= 0.6 is 0 Å². The van der Waals surface area contributed by atoms with Gasteiger partial charge in [0, 0.05) is 8.07 Å². The summed E-state index contributed by atoms with van der Waals surface area (Å²) in [6, 6.07) is 20.5. The molecule has 0 saturated carbocycles. The minimum atomic E-state index is -1.03. The lowest BCUT2D eigenvalue weighted by Gasteiger charge is -2.16. The van der Waals surface area contributed by atoms with Crippen molar-refractivity contribution in [2.45, 2.75) is 45.3 Å². The lowest BCUT2D eigenvalue weighted by Crippen LogP contribution is -2.23. The molecule has 0 N–H and O–H groups in total. The summed E-state index contributed by atoms with van der Waals surface area (Å²) >= 11 is 0. The van der Waals surface area contributed by atoms with Crippen molar-refractivity contribution in [2.75, 3.05) is 0 Å². The van der Waals surface area contributed by atoms with Crippen LogP contribution in [0, 0.1) is 0 Å². The fraction of sp³-hybridized carbons (Fsp3) is 0.368. The Balaban J connectivity index is 1.89. The Bertz CT molecular complexity index is 540. The Hall–Kier alpha value is -1.38. The van der Waals surface area contributed by atoms with Crippen LogP contribution in [0.25, 0.3) is 0 Å². The monoisotopic (exact) mass is 298 g/mol. The minimum Gasteiger partial charge on any atom is -0.369 e. The van der Waals surface area contributed by atoms with E-state index in [4.69, 9.17) is 4.74 Å². The summed E-state index contributed by atoms with van der Waals surface area (Å²) < 4.78 is 5.96. The average Bonchev–Trinajstić information content (AvgIpc) is 2.45. The first kappa shape index (κ1) is 16.0. The highest BCUT2D eigenvalue weighted by Gasteiger charge is 2.13. The maximum absolute atomic E-state index is 5.96. The van der Waals surface area contributed by atoms with Crippen molar-refractivity contribution in [2.24, 2.45) is 0 Å². The molecule has 0 saturated heterocycles. The van der Waals surface area contributed by atoms with Gasteiger partial charge in [-0.2, -0.15) is 0 Å². The first-order valence-corrected chi connectivity index (χ1v) is 11.4. The average molecular weight is 299 g/mol. The van der Waals surface area contributed by atoms with Crippen molar-refractivity contribution in [1.29, 1.82) is 0 Å². The molecule has 2 aromatic rings. The third-order valence-electron chi connectivity index (χ3n) is 3.53. The predicted octanol–water partition coefficient (Wildman–Crippen LogP) is 5.38. The van der Waals surface area contributed by atoms with Crippen molar-refractivity contribution in [3.63, 3.8) is 0 Å². The van der Waals surface area contributed by atoms with Crippen molar-refractivity contribution in [3.05, 3.63) is 71.3 Å². The van der Waals surface area contributed by atoms with Gasteiger partial charge >= 0.3 is 0 Å². The first-order chi connectivity index (χ1) is 9.94.